The molecule has 8 heteroatoms. The zero-order valence-corrected chi connectivity index (χ0v) is 12.6. The van der Waals surface area contributed by atoms with Crippen molar-refractivity contribution < 1.29 is 4.74 Å². The van der Waals surface area contributed by atoms with Gasteiger partial charge in [-0.05, 0) is 11.4 Å². The fraction of sp³-hybridized carbons (Fsp3) is 0.286. The highest BCUT2D eigenvalue weighted by molar-refractivity contribution is 7.13. The fourth-order valence-electron chi connectivity index (χ4n) is 2.45. The number of nitrogens with zero attached hydrogens (tertiary/aromatic N) is 5. The van der Waals surface area contributed by atoms with E-state index >= 15 is 0 Å². The van der Waals surface area contributed by atoms with E-state index in [-0.39, 0.29) is 5.95 Å². The van der Waals surface area contributed by atoms with E-state index in [2.05, 4.69) is 19.9 Å². The van der Waals surface area contributed by atoms with Crippen LogP contribution in [0.3, 0.4) is 0 Å². The maximum absolute atomic E-state index is 5.82. The Kier molecular flexibility index (Phi) is 3.32. The zero-order valence-electron chi connectivity index (χ0n) is 11.8. The van der Waals surface area contributed by atoms with Gasteiger partial charge in [0.15, 0.2) is 17.0 Å². The molecule has 0 amide bonds. The number of fused-ring (bicyclic) bond motifs is 1. The summed E-state index contributed by atoms with van der Waals surface area (Å²) in [5.74, 6) is 0.948. The van der Waals surface area contributed by atoms with Crippen molar-refractivity contribution in [1.29, 1.82) is 0 Å². The number of ether oxygens (including phenoxy) is 1. The first-order valence-electron chi connectivity index (χ1n) is 6.98. The largest absolute Gasteiger partial charge is 0.378 e. The Morgan fingerprint density at radius 2 is 2.05 bits per heavy atom. The minimum Gasteiger partial charge on any atom is -0.378 e. The molecule has 0 bridgehead atoms. The predicted molar refractivity (Wildman–Crippen MR) is 85.9 cm³/mol. The molecule has 7 nitrogen and oxygen atoms in total. The van der Waals surface area contributed by atoms with Gasteiger partial charge in [-0.3, -0.25) is 0 Å². The van der Waals surface area contributed by atoms with Crippen LogP contribution in [0.5, 0.6) is 0 Å². The lowest BCUT2D eigenvalue weighted by atomic mass is 10.3. The second-order valence-corrected chi connectivity index (χ2v) is 5.86. The molecule has 1 aliphatic heterocycles. The molecule has 2 N–H and O–H groups in total. The van der Waals surface area contributed by atoms with Gasteiger partial charge in [0, 0.05) is 13.1 Å². The highest BCUT2D eigenvalue weighted by atomic mass is 32.1. The number of hydrogen-bond donors (Lipinski definition) is 1. The van der Waals surface area contributed by atoms with Crippen molar-refractivity contribution in [3.63, 3.8) is 0 Å². The number of rotatable bonds is 2. The summed E-state index contributed by atoms with van der Waals surface area (Å²) in [5.41, 5.74) is 7.85. The second kappa shape index (κ2) is 5.47. The van der Waals surface area contributed by atoms with Gasteiger partial charge >= 0.3 is 0 Å². The van der Waals surface area contributed by atoms with Gasteiger partial charge in [0.2, 0.25) is 5.95 Å². The number of thiophene rings is 1. The van der Waals surface area contributed by atoms with Crippen LogP contribution in [0.25, 0.3) is 21.7 Å². The van der Waals surface area contributed by atoms with E-state index in [1.54, 1.807) is 17.5 Å². The van der Waals surface area contributed by atoms with E-state index in [0.717, 1.165) is 29.5 Å². The van der Waals surface area contributed by atoms with Crippen LogP contribution in [0.1, 0.15) is 0 Å². The van der Waals surface area contributed by atoms with Crippen LogP contribution in [0, 0.1) is 0 Å². The molecule has 1 saturated heterocycles. The summed E-state index contributed by atoms with van der Waals surface area (Å²) in [5, 5.41) is 2.02. The molecule has 3 aromatic rings. The van der Waals surface area contributed by atoms with Gasteiger partial charge in [0.1, 0.15) is 0 Å². The third-order valence-corrected chi connectivity index (χ3v) is 4.38. The molecule has 0 saturated carbocycles. The Hall–Kier alpha value is -2.32. The van der Waals surface area contributed by atoms with Crippen LogP contribution in [0.4, 0.5) is 11.8 Å². The van der Waals surface area contributed by atoms with E-state index in [1.165, 1.54) is 0 Å². The molecule has 0 radical (unpaired) electrons. The van der Waals surface area contributed by atoms with Crippen molar-refractivity contribution in [3.05, 3.63) is 23.7 Å². The molecule has 0 spiro atoms. The smallest absolute Gasteiger partial charge is 0.224 e. The average Bonchev–Trinajstić information content (AvgIpc) is 3.09. The van der Waals surface area contributed by atoms with Crippen molar-refractivity contribution >= 4 is 34.3 Å². The van der Waals surface area contributed by atoms with Crippen LogP contribution in [0.2, 0.25) is 0 Å². The molecule has 0 aromatic carbocycles. The quantitative estimate of drug-likeness (QED) is 0.767. The van der Waals surface area contributed by atoms with Gasteiger partial charge in [0.05, 0.1) is 30.0 Å². The minimum atomic E-state index is 0.215. The summed E-state index contributed by atoms with van der Waals surface area (Å²) < 4.78 is 5.40. The Balaban J connectivity index is 1.87. The summed E-state index contributed by atoms with van der Waals surface area (Å²) in [4.78, 5) is 20.9. The van der Waals surface area contributed by atoms with E-state index in [0.29, 0.717) is 24.4 Å². The predicted octanol–water partition coefficient (Wildman–Crippen LogP) is 1.57. The van der Waals surface area contributed by atoms with Crippen molar-refractivity contribution in [1.82, 2.24) is 19.9 Å². The minimum absolute atomic E-state index is 0.215. The number of anilines is 2. The van der Waals surface area contributed by atoms with Gasteiger partial charge in [-0.2, -0.15) is 9.97 Å². The topological polar surface area (TPSA) is 90.0 Å². The average molecular weight is 314 g/mol. The molecular weight excluding hydrogens is 300 g/mol. The van der Waals surface area contributed by atoms with Crippen LogP contribution >= 0.6 is 11.3 Å². The summed E-state index contributed by atoms with van der Waals surface area (Å²) in [6.07, 6.45) is 1.73. The van der Waals surface area contributed by atoms with Gasteiger partial charge in [0.25, 0.3) is 0 Å². The molecular formula is C14H14N6OS. The van der Waals surface area contributed by atoms with E-state index in [9.17, 15) is 0 Å². The SMILES string of the molecule is Nc1nc(N2CCOCC2)c2nc(-c3cccs3)cnc2n1. The number of aromatic nitrogens is 4. The molecule has 0 aliphatic carbocycles. The lowest BCUT2D eigenvalue weighted by molar-refractivity contribution is 0.122. The monoisotopic (exact) mass is 314 g/mol. The van der Waals surface area contributed by atoms with Crippen molar-refractivity contribution in [2.24, 2.45) is 0 Å². The molecule has 3 aromatic heterocycles. The highest BCUT2D eigenvalue weighted by Crippen LogP contribution is 2.27. The third-order valence-electron chi connectivity index (χ3n) is 3.49. The molecule has 0 atom stereocenters. The standard InChI is InChI=1S/C14H14N6OS/c15-14-18-12-11(13(19-14)20-3-5-21-6-4-20)17-9(8-16-12)10-2-1-7-22-10/h1-2,7-8H,3-6H2,(H2,15,16,18,19). The van der Waals surface area contributed by atoms with E-state index in [1.807, 2.05) is 17.5 Å². The van der Waals surface area contributed by atoms with E-state index < -0.39 is 0 Å². The molecule has 22 heavy (non-hydrogen) atoms. The van der Waals surface area contributed by atoms with Crippen molar-refractivity contribution in [2.45, 2.75) is 0 Å². The summed E-state index contributed by atoms with van der Waals surface area (Å²) in [6, 6.07) is 4.02. The maximum atomic E-state index is 5.82. The third kappa shape index (κ3) is 2.36. The van der Waals surface area contributed by atoms with E-state index in [4.69, 9.17) is 15.5 Å². The lowest BCUT2D eigenvalue weighted by Gasteiger charge is -2.28. The summed E-state index contributed by atoms with van der Waals surface area (Å²) in [7, 11) is 0. The van der Waals surface area contributed by atoms with Gasteiger partial charge in [-0.1, -0.05) is 6.07 Å². The first-order valence-corrected chi connectivity index (χ1v) is 7.86. The highest BCUT2D eigenvalue weighted by Gasteiger charge is 2.19. The normalized spacial score (nSPS) is 15.4. The van der Waals surface area contributed by atoms with Crippen LogP contribution in [-0.4, -0.2) is 46.2 Å². The molecule has 4 rings (SSSR count). The van der Waals surface area contributed by atoms with Gasteiger partial charge in [-0.25, -0.2) is 9.97 Å². The number of nitrogen functional groups attached to an aromatic ring is 1. The van der Waals surface area contributed by atoms with Gasteiger partial charge in [-0.15, -0.1) is 11.3 Å². The van der Waals surface area contributed by atoms with Crippen LogP contribution in [-0.2, 0) is 4.74 Å². The molecule has 1 aliphatic rings. The molecule has 112 valence electrons. The van der Waals surface area contributed by atoms with Crippen LogP contribution < -0.4 is 10.6 Å². The second-order valence-electron chi connectivity index (χ2n) is 4.91. The Morgan fingerprint density at radius 1 is 1.18 bits per heavy atom. The number of hydrogen-bond acceptors (Lipinski definition) is 8. The molecule has 4 heterocycles. The summed E-state index contributed by atoms with van der Waals surface area (Å²) in [6.45, 7) is 2.86. The van der Waals surface area contributed by atoms with Crippen LogP contribution in [0.15, 0.2) is 23.7 Å². The molecule has 0 unspecified atom stereocenters. The Morgan fingerprint density at radius 3 is 2.82 bits per heavy atom. The lowest BCUT2D eigenvalue weighted by Crippen LogP contribution is -2.37. The number of morpholine rings is 1. The Labute approximate surface area is 130 Å². The first-order chi connectivity index (χ1) is 10.8. The maximum Gasteiger partial charge on any atom is 0.224 e. The zero-order chi connectivity index (χ0) is 14.9. The first kappa shape index (κ1) is 13.4. The summed E-state index contributed by atoms with van der Waals surface area (Å²) >= 11 is 1.63. The Bertz CT molecular complexity index is 800. The fourth-order valence-corrected chi connectivity index (χ4v) is 3.13. The number of nitrogens with two attached hydrogens (primary N) is 1. The van der Waals surface area contributed by atoms with Crippen molar-refractivity contribution in [3.8, 4) is 10.6 Å². The van der Waals surface area contributed by atoms with Gasteiger partial charge < -0.3 is 15.4 Å². The molecule has 1 fully saturated rings. The van der Waals surface area contributed by atoms with Crippen molar-refractivity contribution in [2.75, 3.05) is 36.9 Å².